The van der Waals surface area contributed by atoms with Gasteiger partial charge in [0.05, 0.1) is 17.1 Å². The van der Waals surface area contributed by atoms with Crippen LogP contribution in [0.1, 0.15) is 25.6 Å². The first-order valence-electron chi connectivity index (χ1n) is 10.5. The molecule has 0 aliphatic rings. The number of aromatic nitrogens is 3. The number of thiazole rings is 1. The standard InChI is InChI=1S/C25H24N4O2S/c1-16(2)28-20(22-14-18-10-8-9-13-21(18)31-22)15-32-25(28)26-23-17(3)27(4)29(24(23)30)19-11-6-5-7-12-19/h5-16H,1-4H3. The summed E-state index contributed by atoms with van der Waals surface area (Å²) < 4.78 is 11.7. The zero-order valence-electron chi connectivity index (χ0n) is 18.4. The molecule has 5 rings (SSSR count). The SMILES string of the molecule is Cc1c(N=c2scc(-c3cc4ccccc4o3)n2C(C)C)c(=O)n(-c2ccccc2)n1C. The van der Waals surface area contributed by atoms with Crippen LogP contribution in [0.15, 0.2) is 80.2 Å². The van der Waals surface area contributed by atoms with E-state index in [0.717, 1.165) is 38.6 Å². The molecule has 0 amide bonds. The van der Waals surface area contributed by atoms with Gasteiger partial charge in [0.25, 0.3) is 5.56 Å². The lowest BCUT2D eigenvalue weighted by molar-refractivity contribution is 0.567. The Hall–Kier alpha value is -3.58. The van der Waals surface area contributed by atoms with Crippen LogP contribution in [0, 0.1) is 6.92 Å². The summed E-state index contributed by atoms with van der Waals surface area (Å²) in [4.78, 5) is 18.9. The van der Waals surface area contributed by atoms with E-state index in [9.17, 15) is 4.79 Å². The topological polar surface area (TPSA) is 57.4 Å². The molecule has 3 aromatic heterocycles. The van der Waals surface area contributed by atoms with Gasteiger partial charge in [-0.25, -0.2) is 9.67 Å². The van der Waals surface area contributed by atoms with Crippen LogP contribution in [-0.4, -0.2) is 13.9 Å². The van der Waals surface area contributed by atoms with Crippen molar-refractivity contribution in [3.63, 3.8) is 0 Å². The molecule has 0 aliphatic carbocycles. The number of benzene rings is 2. The van der Waals surface area contributed by atoms with Crippen molar-refractivity contribution in [1.29, 1.82) is 0 Å². The predicted molar refractivity (Wildman–Crippen MR) is 129 cm³/mol. The van der Waals surface area contributed by atoms with Crippen molar-refractivity contribution in [2.45, 2.75) is 26.8 Å². The Kier molecular flexibility index (Phi) is 4.98. The van der Waals surface area contributed by atoms with E-state index in [1.54, 1.807) is 4.68 Å². The van der Waals surface area contributed by atoms with Gasteiger partial charge in [-0.1, -0.05) is 36.4 Å². The maximum atomic E-state index is 13.3. The van der Waals surface area contributed by atoms with Crippen LogP contribution < -0.4 is 10.4 Å². The minimum Gasteiger partial charge on any atom is -0.454 e. The highest BCUT2D eigenvalue weighted by Crippen LogP contribution is 2.30. The molecule has 3 heterocycles. The van der Waals surface area contributed by atoms with Crippen LogP contribution in [0.3, 0.4) is 0 Å². The lowest BCUT2D eigenvalue weighted by atomic mass is 10.2. The summed E-state index contributed by atoms with van der Waals surface area (Å²) in [5.41, 5.74) is 3.75. The number of nitrogens with zero attached hydrogens (tertiary/aromatic N) is 4. The van der Waals surface area contributed by atoms with Gasteiger partial charge in [0.2, 0.25) is 0 Å². The van der Waals surface area contributed by atoms with Gasteiger partial charge in [0.15, 0.2) is 16.2 Å². The van der Waals surface area contributed by atoms with Crippen LogP contribution in [0.2, 0.25) is 0 Å². The normalized spacial score (nSPS) is 12.3. The summed E-state index contributed by atoms with van der Waals surface area (Å²) in [6, 6.07) is 19.8. The zero-order chi connectivity index (χ0) is 22.4. The molecule has 32 heavy (non-hydrogen) atoms. The second kappa shape index (κ2) is 7.84. The number of rotatable bonds is 4. The van der Waals surface area contributed by atoms with Crippen molar-refractivity contribution in [1.82, 2.24) is 13.9 Å². The van der Waals surface area contributed by atoms with E-state index < -0.39 is 0 Å². The van der Waals surface area contributed by atoms with Crippen molar-refractivity contribution in [3.8, 4) is 17.1 Å². The minimum absolute atomic E-state index is 0.134. The summed E-state index contributed by atoms with van der Waals surface area (Å²) in [7, 11) is 1.88. The third-order valence-electron chi connectivity index (χ3n) is 5.67. The van der Waals surface area contributed by atoms with Crippen molar-refractivity contribution >= 4 is 28.0 Å². The van der Waals surface area contributed by atoms with E-state index in [-0.39, 0.29) is 11.6 Å². The van der Waals surface area contributed by atoms with Crippen LogP contribution in [0.25, 0.3) is 28.1 Å². The van der Waals surface area contributed by atoms with Crippen molar-refractivity contribution < 1.29 is 4.42 Å². The van der Waals surface area contributed by atoms with Crippen LogP contribution >= 0.6 is 11.3 Å². The average molecular weight is 445 g/mol. The van der Waals surface area contributed by atoms with E-state index in [1.165, 1.54) is 11.3 Å². The molecule has 0 aliphatic heterocycles. The van der Waals surface area contributed by atoms with E-state index in [1.807, 2.05) is 78.6 Å². The van der Waals surface area contributed by atoms with E-state index >= 15 is 0 Å². The molecule has 0 atom stereocenters. The van der Waals surface area contributed by atoms with Crippen LogP contribution in [-0.2, 0) is 7.05 Å². The Balaban J connectivity index is 1.70. The molecule has 0 fully saturated rings. The first-order valence-corrected chi connectivity index (χ1v) is 11.4. The molecule has 0 spiro atoms. The van der Waals surface area contributed by atoms with Crippen LogP contribution in [0.5, 0.6) is 0 Å². The Morgan fingerprint density at radius 1 is 1.03 bits per heavy atom. The number of fused-ring (bicyclic) bond motifs is 1. The summed E-state index contributed by atoms with van der Waals surface area (Å²) in [6.45, 7) is 6.14. The van der Waals surface area contributed by atoms with Gasteiger partial charge in [0.1, 0.15) is 5.58 Å². The fourth-order valence-electron chi connectivity index (χ4n) is 3.97. The van der Waals surface area contributed by atoms with Crippen molar-refractivity contribution in [2.75, 3.05) is 0 Å². The second-order valence-electron chi connectivity index (χ2n) is 8.04. The third kappa shape index (κ3) is 3.26. The summed E-state index contributed by atoms with van der Waals surface area (Å²) in [5.74, 6) is 0.795. The second-order valence-corrected chi connectivity index (χ2v) is 8.87. The smallest absolute Gasteiger partial charge is 0.297 e. The first kappa shape index (κ1) is 20.3. The van der Waals surface area contributed by atoms with E-state index in [4.69, 9.17) is 9.41 Å². The van der Waals surface area contributed by atoms with Crippen LogP contribution in [0.4, 0.5) is 5.69 Å². The Bertz CT molecular complexity index is 1510. The highest BCUT2D eigenvalue weighted by atomic mass is 32.1. The number of hydrogen-bond acceptors (Lipinski definition) is 4. The molecule has 0 bridgehead atoms. The van der Waals surface area contributed by atoms with E-state index in [2.05, 4.69) is 24.5 Å². The monoisotopic (exact) mass is 444 g/mol. The molecule has 5 aromatic rings. The van der Waals surface area contributed by atoms with Gasteiger partial charge in [0, 0.05) is 23.9 Å². The first-order chi connectivity index (χ1) is 15.5. The molecule has 6 nitrogen and oxygen atoms in total. The average Bonchev–Trinajstić information content (AvgIpc) is 3.46. The van der Waals surface area contributed by atoms with Gasteiger partial charge in [-0.05, 0) is 45.0 Å². The number of furan rings is 1. The third-order valence-corrected chi connectivity index (χ3v) is 6.51. The fraction of sp³-hybridized carbons (Fsp3) is 0.200. The predicted octanol–water partition coefficient (Wildman–Crippen LogP) is 5.57. The maximum absolute atomic E-state index is 13.3. The molecule has 0 saturated carbocycles. The summed E-state index contributed by atoms with van der Waals surface area (Å²) in [6.07, 6.45) is 0. The zero-order valence-corrected chi connectivity index (χ0v) is 19.3. The Morgan fingerprint density at radius 2 is 1.75 bits per heavy atom. The van der Waals surface area contributed by atoms with Crippen molar-refractivity contribution in [3.05, 3.63) is 86.9 Å². The number of hydrogen-bond donors (Lipinski definition) is 0. The molecule has 0 N–H and O–H groups in total. The fourth-order valence-corrected chi connectivity index (χ4v) is 4.98. The molecule has 2 aromatic carbocycles. The van der Waals surface area contributed by atoms with Gasteiger partial charge < -0.3 is 8.98 Å². The molecule has 7 heteroatoms. The highest BCUT2D eigenvalue weighted by Gasteiger charge is 2.18. The van der Waals surface area contributed by atoms with Crippen molar-refractivity contribution in [2.24, 2.45) is 12.0 Å². The van der Waals surface area contributed by atoms with Gasteiger partial charge in [-0.3, -0.25) is 9.48 Å². The maximum Gasteiger partial charge on any atom is 0.297 e. The Morgan fingerprint density at radius 3 is 2.47 bits per heavy atom. The van der Waals surface area contributed by atoms with Gasteiger partial charge in [-0.2, -0.15) is 0 Å². The van der Waals surface area contributed by atoms with E-state index in [0.29, 0.717) is 5.69 Å². The minimum atomic E-state index is -0.134. The molecular formula is C25H24N4O2S. The summed E-state index contributed by atoms with van der Waals surface area (Å²) >= 11 is 1.51. The molecule has 162 valence electrons. The largest absolute Gasteiger partial charge is 0.454 e. The Labute approximate surface area is 189 Å². The molecule has 0 radical (unpaired) electrons. The highest BCUT2D eigenvalue weighted by molar-refractivity contribution is 7.07. The lowest BCUT2D eigenvalue weighted by Crippen LogP contribution is -2.20. The summed E-state index contributed by atoms with van der Waals surface area (Å²) in [5, 5.41) is 3.11. The molecule has 0 unspecified atom stereocenters. The lowest BCUT2D eigenvalue weighted by Gasteiger charge is -2.10. The van der Waals surface area contributed by atoms with Gasteiger partial charge >= 0.3 is 0 Å². The molecule has 0 saturated heterocycles. The van der Waals surface area contributed by atoms with Gasteiger partial charge in [-0.15, -0.1) is 11.3 Å². The number of para-hydroxylation sites is 2. The quantitative estimate of drug-likeness (QED) is 0.364. The molecular weight excluding hydrogens is 420 g/mol.